The second kappa shape index (κ2) is 9.97. The van der Waals surface area contributed by atoms with Gasteiger partial charge in [0, 0.05) is 18.2 Å². The predicted octanol–water partition coefficient (Wildman–Crippen LogP) is 4.02. The summed E-state index contributed by atoms with van der Waals surface area (Å²) >= 11 is 0. The fraction of sp³-hybridized carbons (Fsp3) is 0.455. The molecule has 2 rings (SSSR count). The zero-order chi connectivity index (χ0) is 18.1. The molecule has 0 saturated heterocycles. The van der Waals surface area contributed by atoms with E-state index in [1.807, 2.05) is 23.0 Å². The molecule has 1 aromatic heterocycles. The first kappa shape index (κ1) is 19.2. The quantitative estimate of drug-likeness (QED) is 0.688. The molecule has 0 aliphatic rings. The van der Waals surface area contributed by atoms with Crippen molar-refractivity contribution >= 4 is 5.91 Å². The Morgan fingerprint density at radius 2 is 1.68 bits per heavy atom. The summed E-state index contributed by atoms with van der Waals surface area (Å²) in [4.78, 5) is 12.2. The van der Waals surface area contributed by atoms with Gasteiger partial charge in [-0.05, 0) is 49.7 Å². The third-order valence-corrected chi connectivity index (χ3v) is 4.82. The lowest BCUT2D eigenvalue weighted by molar-refractivity contribution is -0.684. The van der Waals surface area contributed by atoms with Gasteiger partial charge in [-0.15, -0.1) is 0 Å². The Balaban J connectivity index is 1.79. The first-order valence-corrected chi connectivity index (χ1v) is 9.44. The Hall–Kier alpha value is -2.16. The van der Waals surface area contributed by atoms with Crippen molar-refractivity contribution in [3.63, 3.8) is 0 Å². The molecule has 0 aliphatic carbocycles. The Labute approximate surface area is 152 Å². The average Bonchev–Trinajstić information content (AvgIpc) is 2.63. The summed E-state index contributed by atoms with van der Waals surface area (Å²) in [7, 11) is 0. The fourth-order valence-corrected chi connectivity index (χ4v) is 3.19. The van der Waals surface area contributed by atoms with Gasteiger partial charge in [0.25, 0.3) is 5.91 Å². The summed E-state index contributed by atoms with van der Waals surface area (Å²) in [6.07, 6.45) is 8.27. The van der Waals surface area contributed by atoms with Crippen molar-refractivity contribution in [1.82, 2.24) is 5.32 Å². The van der Waals surface area contributed by atoms with Gasteiger partial charge in [-0.1, -0.05) is 44.2 Å². The molecule has 0 unspecified atom stereocenters. The molecule has 2 aromatic rings. The van der Waals surface area contributed by atoms with Crippen LogP contribution in [0.2, 0.25) is 0 Å². The molecule has 25 heavy (non-hydrogen) atoms. The molecule has 3 heteroatoms. The zero-order valence-electron chi connectivity index (χ0n) is 15.7. The lowest BCUT2D eigenvalue weighted by Crippen LogP contribution is -2.45. The van der Waals surface area contributed by atoms with Crippen molar-refractivity contribution in [2.24, 2.45) is 0 Å². The number of hydrogen-bond acceptors (Lipinski definition) is 1. The number of amides is 1. The summed E-state index contributed by atoms with van der Waals surface area (Å²) in [6, 6.07) is 14.9. The van der Waals surface area contributed by atoms with Crippen molar-refractivity contribution in [2.75, 3.05) is 0 Å². The van der Waals surface area contributed by atoms with Crippen LogP contribution in [0.4, 0.5) is 0 Å². The molecule has 0 spiro atoms. The summed E-state index contributed by atoms with van der Waals surface area (Å²) in [5.41, 5.74) is 2.67. The number of aryl methyl sites for hydroxylation is 1. The smallest absolute Gasteiger partial charge is 0.286 e. The third kappa shape index (κ3) is 6.33. The molecule has 0 aliphatic heterocycles. The van der Waals surface area contributed by atoms with Gasteiger partial charge in [0.15, 0.2) is 12.4 Å². The summed E-state index contributed by atoms with van der Waals surface area (Å²) < 4.78 is 1.95. The molecule has 1 atom stereocenters. The molecule has 0 fully saturated rings. The van der Waals surface area contributed by atoms with Crippen LogP contribution in [-0.2, 0) is 17.8 Å². The largest absolute Gasteiger partial charge is 0.348 e. The van der Waals surface area contributed by atoms with E-state index >= 15 is 0 Å². The third-order valence-electron chi connectivity index (χ3n) is 4.82. The van der Waals surface area contributed by atoms with Crippen LogP contribution >= 0.6 is 0 Å². The van der Waals surface area contributed by atoms with E-state index in [1.54, 1.807) is 0 Å². The number of nitrogens with one attached hydrogen (secondary N) is 1. The van der Waals surface area contributed by atoms with Crippen LogP contribution in [-0.4, -0.2) is 11.9 Å². The molecular weight excluding hydrogens is 308 g/mol. The average molecular weight is 340 g/mol. The topological polar surface area (TPSA) is 33.0 Å². The molecule has 1 amide bonds. The maximum absolute atomic E-state index is 12.2. The van der Waals surface area contributed by atoms with Gasteiger partial charge in [-0.2, -0.15) is 4.57 Å². The van der Waals surface area contributed by atoms with Gasteiger partial charge in [0.05, 0.1) is 0 Å². The zero-order valence-corrected chi connectivity index (χ0v) is 15.7. The first-order valence-electron chi connectivity index (χ1n) is 9.44. The summed E-state index contributed by atoms with van der Waals surface area (Å²) in [6.45, 7) is 6.89. The van der Waals surface area contributed by atoms with Crippen LogP contribution in [0.15, 0.2) is 54.9 Å². The number of pyridine rings is 1. The standard InChI is InChI=1S/C22H30N2O/c1-4-20(5-2)21-13-15-24(16-14-21)17-22(25)23-18(3)11-12-19-9-7-6-8-10-19/h6-10,13-16,18,20H,4-5,11-12,17H2,1-3H3/p+1/t18-/m1/s1. The summed E-state index contributed by atoms with van der Waals surface area (Å²) in [5.74, 6) is 0.683. The highest BCUT2D eigenvalue weighted by Crippen LogP contribution is 2.21. The van der Waals surface area contributed by atoms with E-state index < -0.39 is 0 Å². The number of carbonyl (C=O) groups is 1. The van der Waals surface area contributed by atoms with Crippen LogP contribution in [0.5, 0.6) is 0 Å². The van der Waals surface area contributed by atoms with E-state index in [2.05, 4.69) is 62.5 Å². The lowest BCUT2D eigenvalue weighted by atomic mass is 9.95. The van der Waals surface area contributed by atoms with Gasteiger partial charge >= 0.3 is 0 Å². The summed E-state index contributed by atoms with van der Waals surface area (Å²) in [5, 5.41) is 3.10. The number of benzene rings is 1. The Bertz CT molecular complexity index is 633. The number of rotatable bonds is 9. The highest BCUT2D eigenvalue weighted by Gasteiger charge is 2.14. The van der Waals surface area contributed by atoms with Crippen molar-refractivity contribution in [3.05, 3.63) is 66.0 Å². The van der Waals surface area contributed by atoms with Crippen molar-refractivity contribution < 1.29 is 9.36 Å². The van der Waals surface area contributed by atoms with Gasteiger partial charge in [-0.25, -0.2) is 0 Å². The number of hydrogen-bond donors (Lipinski definition) is 1. The first-order chi connectivity index (χ1) is 12.1. The molecule has 3 nitrogen and oxygen atoms in total. The molecule has 1 N–H and O–H groups in total. The second-order valence-electron chi connectivity index (χ2n) is 6.81. The normalized spacial score (nSPS) is 12.2. The Morgan fingerprint density at radius 3 is 2.28 bits per heavy atom. The van der Waals surface area contributed by atoms with E-state index in [-0.39, 0.29) is 11.9 Å². The number of nitrogens with zero attached hydrogens (tertiary/aromatic N) is 1. The van der Waals surface area contributed by atoms with Gasteiger partial charge < -0.3 is 5.32 Å². The van der Waals surface area contributed by atoms with E-state index in [0.717, 1.165) is 25.7 Å². The molecule has 1 heterocycles. The molecular formula is C22H31N2O+. The maximum Gasteiger partial charge on any atom is 0.286 e. The van der Waals surface area contributed by atoms with Crippen LogP contribution in [0.25, 0.3) is 0 Å². The Morgan fingerprint density at radius 1 is 1.04 bits per heavy atom. The van der Waals surface area contributed by atoms with Crippen molar-refractivity contribution in [2.45, 2.75) is 65.0 Å². The monoisotopic (exact) mass is 339 g/mol. The molecule has 134 valence electrons. The molecule has 0 bridgehead atoms. The fourth-order valence-electron chi connectivity index (χ4n) is 3.19. The van der Waals surface area contributed by atoms with Crippen LogP contribution in [0.3, 0.4) is 0 Å². The molecule has 1 aromatic carbocycles. The minimum absolute atomic E-state index is 0.0702. The van der Waals surface area contributed by atoms with Crippen LogP contribution < -0.4 is 9.88 Å². The maximum atomic E-state index is 12.2. The predicted molar refractivity (Wildman–Crippen MR) is 102 cm³/mol. The van der Waals surface area contributed by atoms with E-state index in [9.17, 15) is 4.79 Å². The minimum Gasteiger partial charge on any atom is -0.348 e. The van der Waals surface area contributed by atoms with Gasteiger partial charge in [-0.3, -0.25) is 4.79 Å². The highest BCUT2D eigenvalue weighted by atomic mass is 16.2. The highest BCUT2D eigenvalue weighted by molar-refractivity contribution is 5.74. The SMILES string of the molecule is CCC(CC)c1cc[n+](CC(=O)N[C@H](C)CCc2ccccc2)cc1. The van der Waals surface area contributed by atoms with Crippen LogP contribution in [0, 0.1) is 0 Å². The lowest BCUT2D eigenvalue weighted by Gasteiger charge is -2.13. The molecule has 0 saturated carbocycles. The van der Waals surface area contributed by atoms with Crippen LogP contribution in [0.1, 0.15) is 57.1 Å². The van der Waals surface area contributed by atoms with Crippen molar-refractivity contribution in [3.8, 4) is 0 Å². The van der Waals surface area contributed by atoms with E-state index in [1.165, 1.54) is 11.1 Å². The van der Waals surface area contributed by atoms with Gasteiger partial charge in [0.1, 0.15) is 0 Å². The number of carbonyl (C=O) groups excluding carboxylic acids is 1. The van der Waals surface area contributed by atoms with E-state index in [0.29, 0.717) is 12.5 Å². The van der Waals surface area contributed by atoms with Gasteiger partial charge in [0.2, 0.25) is 6.54 Å². The number of aromatic nitrogens is 1. The second-order valence-corrected chi connectivity index (χ2v) is 6.81. The minimum atomic E-state index is 0.0702. The Kier molecular flexibility index (Phi) is 7.65. The van der Waals surface area contributed by atoms with Crippen molar-refractivity contribution in [1.29, 1.82) is 0 Å². The molecule has 0 radical (unpaired) electrons. The van der Waals surface area contributed by atoms with E-state index in [4.69, 9.17) is 0 Å².